The Morgan fingerprint density at radius 1 is 1.13 bits per heavy atom. The number of nitrogens with zero attached hydrogens (tertiary/aromatic N) is 4. The quantitative estimate of drug-likeness (QED) is 0.376. The van der Waals surface area contributed by atoms with Crippen molar-refractivity contribution >= 4 is 11.9 Å². The summed E-state index contributed by atoms with van der Waals surface area (Å²) in [6.45, 7) is 0.122. The van der Waals surface area contributed by atoms with E-state index in [2.05, 4.69) is 15.3 Å². The van der Waals surface area contributed by atoms with Gasteiger partial charge in [0.1, 0.15) is 11.4 Å². The smallest absolute Gasteiger partial charge is 0.418 e. The standard InChI is InChI=1S/C26H26F5N5O3/c27-25(28)10-5-12-35(16-25)13-9-17(14-22(37)38)33-24(39)20-15-36(23(34-20)19-7-3-4-11-32-19)21-8-2-1-6-18(21)26(29,30)31/h1-4,6-8,11,15,17H,5,9-10,12-14,16H2,(H,33,39)(H,37,38). The SMILES string of the molecule is O=C(O)CC(CCN1CCCC(F)(F)C1)NC(=O)c1cn(-c2ccccc2C(F)(F)F)c(-c2ccccn2)n1. The molecule has 2 N–H and O–H groups in total. The summed E-state index contributed by atoms with van der Waals surface area (Å²) >= 11 is 0. The van der Waals surface area contributed by atoms with Gasteiger partial charge < -0.3 is 10.4 Å². The average Bonchev–Trinajstić information content (AvgIpc) is 3.32. The molecule has 208 valence electrons. The summed E-state index contributed by atoms with van der Waals surface area (Å²) in [5.41, 5.74) is -1.27. The molecule has 1 amide bonds. The number of pyridine rings is 1. The molecule has 0 radical (unpaired) electrons. The van der Waals surface area contributed by atoms with Gasteiger partial charge >= 0.3 is 12.1 Å². The number of carboxylic acids is 1. The van der Waals surface area contributed by atoms with Crippen molar-refractivity contribution in [2.45, 2.75) is 43.8 Å². The van der Waals surface area contributed by atoms with Gasteiger partial charge in [-0.25, -0.2) is 13.8 Å². The zero-order chi connectivity index (χ0) is 28.2. The number of carboxylic acid groups (broad SMARTS) is 1. The highest BCUT2D eigenvalue weighted by molar-refractivity contribution is 5.93. The second-order valence-electron chi connectivity index (χ2n) is 9.34. The first-order chi connectivity index (χ1) is 18.4. The zero-order valence-electron chi connectivity index (χ0n) is 20.7. The van der Waals surface area contributed by atoms with Crippen LogP contribution >= 0.6 is 0 Å². The Labute approximate surface area is 220 Å². The molecule has 2 aromatic heterocycles. The third-order valence-electron chi connectivity index (χ3n) is 6.32. The van der Waals surface area contributed by atoms with Crippen LogP contribution in [0.25, 0.3) is 17.2 Å². The number of imidazole rings is 1. The summed E-state index contributed by atoms with van der Waals surface area (Å²) < 4.78 is 69.9. The lowest BCUT2D eigenvalue weighted by atomic mass is 10.1. The summed E-state index contributed by atoms with van der Waals surface area (Å²) in [6, 6.07) is 8.64. The van der Waals surface area contributed by atoms with E-state index in [4.69, 9.17) is 0 Å². The Balaban J connectivity index is 1.62. The Bertz CT molecular complexity index is 1310. The second-order valence-corrected chi connectivity index (χ2v) is 9.34. The lowest BCUT2D eigenvalue weighted by Crippen LogP contribution is -2.45. The van der Waals surface area contributed by atoms with E-state index in [1.807, 2.05) is 0 Å². The van der Waals surface area contributed by atoms with Crippen LogP contribution in [0.1, 0.15) is 41.7 Å². The Kier molecular flexibility index (Phi) is 8.28. The van der Waals surface area contributed by atoms with Crippen LogP contribution < -0.4 is 5.32 Å². The number of aromatic nitrogens is 3. The second kappa shape index (κ2) is 11.5. The number of carbonyl (C=O) groups is 2. The number of piperidine rings is 1. The molecule has 1 atom stereocenters. The number of carbonyl (C=O) groups excluding carboxylic acids is 1. The van der Waals surface area contributed by atoms with Gasteiger partial charge in [0, 0.05) is 31.4 Å². The number of benzene rings is 1. The number of aliphatic carboxylic acids is 1. The van der Waals surface area contributed by atoms with Crippen LogP contribution in [-0.4, -0.2) is 68.0 Å². The summed E-state index contributed by atoms with van der Waals surface area (Å²) in [5, 5.41) is 11.9. The van der Waals surface area contributed by atoms with Gasteiger partial charge in [-0.3, -0.25) is 24.0 Å². The molecule has 1 unspecified atom stereocenters. The summed E-state index contributed by atoms with van der Waals surface area (Å²) in [5.74, 6) is -4.87. The fourth-order valence-corrected chi connectivity index (χ4v) is 4.54. The molecule has 4 rings (SSSR count). The largest absolute Gasteiger partial charge is 0.481 e. The molecule has 1 aliphatic heterocycles. The molecule has 3 heterocycles. The first-order valence-electron chi connectivity index (χ1n) is 12.2. The highest BCUT2D eigenvalue weighted by atomic mass is 19.4. The minimum absolute atomic E-state index is 0.0252. The van der Waals surface area contributed by atoms with Crippen molar-refractivity contribution in [3.8, 4) is 17.2 Å². The molecule has 0 saturated carbocycles. The number of hydrogen-bond acceptors (Lipinski definition) is 5. The lowest BCUT2D eigenvalue weighted by Gasteiger charge is -2.33. The highest BCUT2D eigenvalue weighted by Crippen LogP contribution is 2.35. The van der Waals surface area contributed by atoms with E-state index >= 15 is 0 Å². The average molecular weight is 552 g/mol. The Morgan fingerprint density at radius 2 is 1.87 bits per heavy atom. The predicted octanol–water partition coefficient (Wildman–Crippen LogP) is 4.65. The van der Waals surface area contributed by atoms with E-state index in [9.17, 15) is 36.6 Å². The third-order valence-corrected chi connectivity index (χ3v) is 6.32. The molecule has 1 fully saturated rings. The van der Waals surface area contributed by atoms with Crippen molar-refractivity contribution in [2.75, 3.05) is 19.6 Å². The van der Waals surface area contributed by atoms with Crippen molar-refractivity contribution in [3.63, 3.8) is 0 Å². The van der Waals surface area contributed by atoms with Crippen LogP contribution in [0.3, 0.4) is 0 Å². The Morgan fingerprint density at radius 3 is 2.54 bits per heavy atom. The van der Waals surface area contributed by atoms with Crippen LogP contribution in [-0.2, 0) is 11.0 Å². The van der Waals surface area contributed by atoms with E-state index in [0.717, 1.165) is 16.8 Å². The molecule has 1 aromatic carbocycles. The molecule has 0 spiro atoms. The van der Waals surface area contributed by atoms with Gasteiger partial charge in [0.05, 0.1) is 24.2 Å². The van der Waals surface area contributed by atoms with Crippen molar-refractivity contribution in [3.05, 3.63) is 66.1 Å². The van der Waals surface area contributed by atoms with Gasteiger partial charge in [-0.05, 0) is 43.7 Å². The van der Waals surface area contributed by atoms with E-state index in [1.54, 1.807) is 12.1 Å². The summed E-state index contributed by atoms with van der Waals surface area (Å²) in [4.78, 5) is 34.5. The number of amides is 1. The fraction of sp³-hybridized carbons (Fsp3) is 0.385. The van der Waals surface area contributed by atoms with Crippen molar-refractivity contribution in [1.29, 1.82) is 0 Å². The molecule has 13 heteroatoms. The van der Waals surface area contributed by atoms with Crippen LogP contribution in [0.2, 0.25) is 0 Å². The molecule has 1 saturated heterocycles. The number of likely N-dealkylation sites (tertiary alicyclic amines) is 1. The monoisotopic (exact) mass is 551 g/mol. The fourth-order valence-electron chi connectivity index (χ4n) is 4.54. The van der Waals surface area contributed by atoms with Crippen LogP contribution in [0.15, 0.2) is 54.9 Å². The predicted molar refractivity (Wildman–Crippen MR) is 131 cm³/mol. The van der Waals surface area contributed by atoms with Crippen molar-refractivity contribution in [2.24, 2.45) is 0 Å². The molecule has 0 aliphatic carbocycles. The molecule has 1 aliphatic rings. The number of rotatable bonds is 9. The van der Waals surface area contributed by atoms with Crippen LogP contribution in [0.4, 0.5) is 22.0 Å². The first kappa shape index (κ1) is 28.1. The minimum atomic E-state index is -4.69. The van der Waals surface area contributed by atoms with Crippen LogP contribution in [0, 0.1) is 0 Å². The zero-order valence-corrected chi connectivity index (χ0v) is 20.7. The highest BCUT2D eigenvalue weighted by Gasteiger charge is 2.36. The van der Waals surface area contributed by atoms with Gasteiger partial charge in [0.15, 0.2) is 5.82 Å². The van der Waals surface area contributed by atoms with Gasteiger partial charge in [-0.15, -0.1) is 0 Å². The molecule has 8 nitrogen and oxygen atoms in total. The first-order valence-corrected chi connectivity index (χ1v) is 12.2. The van der Waals surface area contributed by atoms with Gasteiger partial charge in [-0.1, -0.05) is 18.2 Å². The Hall–Kier alpha value is -3.87. The van der Waals surface area contributed by atoms with Crippen molar-refractivity contribution < 1.29 is 36.6 Å². The van der Waals surface area contributed by atoms with Gasteiger partial charge in [0.2, 0.25) is 0 Å². The summed E-state index contributed by atoms with van der Waals surface area (Å²) in [7, 11) is 0. The summed E-state index contributed by atoms with van der Waals surface area (Å²) in [6.07, 6.45) is -2.43. The minimum Gasteiger partial charge on any atom is -0.481 e. The molecular weight excluding hydrogens is 525 g/mol. The molecular formula is C26H26F5N5O3. The van der Waals surface area contributed by atoms with Gasteiger partial charge in [0.25, 0.3) is 11.8 Å². The van der Waals surface area contributed by atoms with Crippen molar-refractivity contribution in [1.82, 2.24) is 24.8 Å². The molecule has 0 bridgehead atoms. The maximum absolute atomic E-state index is 13.8. The maximum atomic E-state index is 13.8. The van der Waals surface area contributed by atoms with Crippen LogP contribution in [0.5, 0.6) is 0 Å². The normalized spacial score (nSPS) is 16.5. The van der Waals surface area contributed by atoms with E-state index in [0.29, 0.717) is 13.0 Å². The third kappa shape index (κ3) is 7.16. The maximum Gasteiger partial charge on any atom is 0.418 e. The molecule has 3 aromatic rings. The van der Waals surface area contributed by atoms with E-state index in [1.165, 1.54) is 35.4 Å². The van der Waals surface area contributed by atoms with E-state index < -0.39 is 48.5 Å². The molecule has 39 heavy (non-hydrogen) atoms. The van der Waals surface area contributed by atoms with Gasteiger partial charge in [-0.2, -0.15) is 13.2 Å². The van der Waals surface area contributed by atoms with E-state index in [-0.39, 0.29) is 42.3 Å². The number of nitrogens with one attached hydrogen (secondary N) is 1. The number of halogens is 5. The number of alkyl halides is 5. The topological polar surface area (TPSA) is 100 Å². The number of hydrogen-bond donors (Lipinski definition) is 2. The number of para-hydroxylation sites is 1. The lowest BCUT2D eigenvalue weighted by molar-refractivity contribution is -0.138.